The minimum atomic E-state index is -0.597. The number of esters is 1. The van der Waals surface area contributed by atoms with Crippen molar-refractivity contribution in [1.82, 2.24) is 24.6 Å². The van der Waals surface area contributed by atoms with Crippen LogP contribution in [-0.4, -0.2) is 51.4 Å². The number of nitrogens with zero attached hydrogens (tertiary/aromatic N) is 5. The molecule has 1 aromatic carbocycles. The fourth-order valence-corrected chi connectivity index (χ4v) is 4.19. The minimum Gasteiger partial charge on any atom is -0.493 e. The van der Waals surface area contributed by atoms with Crippen LogP contribution in [0, 0.1) is 0 Å². The first-order chi connectivity index (χ1) is 17.0. The van der Waals surface area contributed by atoms with E-state index in [-0.39, 0.29) is 6.61 Å². The van der Waals surface area contributed by atoms with Crippen molar-refractivity contribution in [3.63, 3.8) is 0 Å². The molecule has 4 heterocycles. The third kappa shape index (κ3) is 3.82. The second-order valence-electron chi connectivity index (χ2n) is 7.75. The van der Waals surface area contributed by atoms with Gasteiger partial charge < -0.3 is 18.9 Å². The van der Waals surface area contributed by atoms with E-state index in [0.29, 0.717) is 45.7 Å². The topological polar surface area (TPSA) is 110 Å². The Labute approximate surface area is 201 Å². The number of hydrogen-bond donors (Lipinski definition) is 0. The Kier molecular flexibility index (Phi) is 5.77. The number of allylic oxidation sites excluding steroid dienone is 1. The molecule has 1 aliphatic heterocycles. The molecule has 0 unspecified atom stereocenters. The molecule has 1 aliphatic rings. The average molecular weight is 473 g/mol. The number of ether oxygens (including phenoxy) is 4. The van der Waals surface area contributed by atoms with E-state index in [1.54, 1.807) is 51.0 Å². The highest BCUT2D eigenvalue weighted by Crippen LogP contribution is 2.46. The summed E-state index contributed by atoms with van der Waals surface area (Å²) < 4.78 is 23.9. The summed E-state index contributed by atoms with van der Waals surface area (Å²) in [5.41, 5.74) is 2.96. The van der Waals surface area contributed by atoms with Crippen molar-refractivity contribution in [3.05, 3.63) is 71.5 Å². The van der Waals surface area contributed by atoms with Gasteiger partial charge in [-0.1, -0.05) is 6.07 Å². The van der Waals surface area contributed by atoms with Crippen molar-refractivity contribution >= 4 is 11.6 Å². The van der Waals surface area contributed by atoms with Crippen LogP contribution >= 0.6 is 0 Å². The van der Waals surface area contributed by atoms with Crippen LogP contribution in [-0.2, 0) is 9.53 Å². The largest absolute Gasteiger partial charge is 0.493 e. The zero-order valence-corrected chi connectivity index (χ0v) is 19.7. The average Bonchev–Trinajstić information content (AvgIpc) is 3.32. The Morgan fingerprint density at radius 3 is 2.71 bits per heavy atom. The van der Waals surface area contributed by atoms with Crippen LogP contribution in [0.1, 0.15) is 30.9 Å². The second-order valence-corrected chi connectivity index (χ2v) is 7.75. The molecule has 5 rings (SSSR count). The number of carbonyl (C=O) groups excluding carboxylic acids is 1. The minimum absolute atomic E-state index is 0.222. The molecule has 35 heavy (non-hydrogen) atoms. The lowest BCUT2D eigenvalue weighted by molar-refractivity contribution is -0.139. The number of fused-ring (bicyclic) bond motifs is 3. The van der Waals surface area contributed by atoms with Crippen LogP contribution in [0.3, 0.4) is 0 Å². The van der Waals surface area contributed by atoms with Crippen LogP contribution < -0.4 is 14.2 Å². The van der Waals surface area contributed by atoms with Gasteiger partial charge in [-0.15, -0.1) is 5.10 Å². The molecular weight excluding hydrogens is 450 g/mol. The highest BCUT2D eigenvalue weighted by atomic mass is 16.5. The van der Waals surface area contributed by atoms with E-state index in [1.165, 1.54) is 6.33 Å². The third-order valence-electron chi connectivity index (χ3n) is 5.75. The Balaban J connectivity index is 1.77. The van der Waals surface area contributed by atoms with Gasteiger partial charge in [0.1, 0.15) is 12.1 Å². The van der Waals surface area contributed by atoms with Gasteiger partial charge in [0, 0.05) is 18.0 Å². The summed E-state index contributed by atoms with van der Waals surface area (Å²) in [5, 5.41) is 4.58. The van der Waals surface area contributed by atoms with Gasteiger partial charge in [0.25, 0.3) is 0 Å². The molecule has 178 valence electrons. The first-order valence-corrected chi connectivity index (χ1v) is 11.0. The number of aromatic nitrogens is 5. The molecule has 1 atom stereocenters. The van der Waals surface area contributed by atoms with Crippen molar-refractivity contribution in [2.75, 3.05) is 20.8 Å². The van der Waals surface area contributed by atoms with E-state index in [4.69, 9.17) is 23.9 Å². The zero-order chi connectivity index (χ0) is 24.5. The molecule has 4 aromatic rings. The molecular formula is C25H23N5O5. The van der Waals surface area contributed by atoms with Crippen molar-refractivity contribution in [2.24, 2.45) is 0 Å². The molecule has 0 radical (unpaired) electrons. The van der Waals surface area contributed by atoms with Crippen LogP contribution in [0.25, 0.3) is 17.0 Å². The van der Waals surface area contributed by atoms with Crippen LogP contribution in [0.4, 0.5) is 0 Å². The lowest BCUT2D eigenvalue weighted by Crippen LogP contribution is -2.24. The monoisotopic (exact) mass is 473 g/mol. The third-order valence-corrected chi connectivity index (χ3v) is 5.75. The second kappa shape index (κ2) is 9.05. The number of pyridine rings is 1. The molecule has 0 saturated heterocycles. The number of benzene rings is 1. The van der Waals surface area contributed by atoms with Gasteiger partial charge in [-0.3, -0.25) is 4.98 Å². The maximum absolute atomic E-state index is 13.2. The number of methoxy groups -OCH3 is 2. The molecule has 10 nitrogen and oxygen atoms in total. The Morgan fingerprint density at radius 1 is 1.17 bits per heavy atom. The van der Waals surface area contributed by atoms with E-state index in [1.807, 2.05) is 24.3 Å². The first kappa shape index (κ1) is 22.3. The SMILES string of the molecule is CCOC(=O)C1=C(C)Oc2ncn3nc(-c4cccnc4)nc3c2[C@H]1c1ccc(OC)c(OC)c1. The van der Waals surface area contributed by atoms with Crippen molar-refractivity contribution in [2.45, 2.75) is 19.8 Å². The predicted octanol–water partition coefficient (Wildman–Crippen LogP) is 3.56. The molecule has 0 saturated carbocycles. The van der Waals surface area contributed by atoms with Crippen LogP contribution in [0.2, 0.25) is 0 Å². The van der Waals surface area contributed by atoms with Gasteiger partial charge in [-0.2, -0.15) is 0 Å². The normalized spacial score (nSPS) is 14.9. The van der Waals surface area contributed by atoms with Gasteiger partial charge in [-0.25, -0.2) is 19.3 Å². The quantitative estimate of drug-likeness (QED) is 0.388. The zero-order valence-electron chi connectivity index (χ0n) is 19.7. The van der Waals surface area contributed by atoms with E-state index >= 15 is 0 Å². The van der Waals surface area contributed by atoms with Gasteiger partial charge in [0.05, 0.1) is 37.9 Å². The highest BCUT2D eigenvalue weighted by molar-refractivity contribution is 5.93. The van der Waals surface area contributed by atoms with Gasteiger partial charge in [-0.05, 0) is 43.7 Å². The lowest BCUT2D eigenvalue weighted by Gasteiger charge is -2.28. The smallest absolute Gasteiger partial charge is 0.338 e. The molecule has 10 heteroatoms. The maximum atomic E-state index is 13.2. The van der Waals surface area contributed by atoms with E-state index in [2.05, 4.69) is 15.1 Å². The van der Waals surface area contributed by atoms with E-state index in [9.17, 15) is 4.79 Å². The van der Waals surface area contributed by atoms with Crippen LogP contribution in [0.5, 0.6) is 17.4 Å². The summed E-state index contributed by atoms with van der Waals surface area (Å²) in [4.78, 5) is 26.6. The van der Waals surface area contributed by atoms with Crippen molar-refractivity contribution in [1.29, 1.82) is 0 Å². The molecule has 0 amide bonds. The summed E-state index contributed by atoms with van der Waals surface area (Å²) in [6.45, 7) is 3.70. The van der Waals surface area contributed by atoms with Crippen LogP contribution in [0.15, 0.2) is 60.4 Å². The predicted molar refractivity (Wildman–Crippen MR) is 125 cm³/mol. The Bertz CT molecular complexity index is 1450. The molecule has 3 aromatic heterocycles. The fraction of sp³-hybridized carbons (Fsp3) is 0.240. The number of carbonyl (C=O) groups is 1. The molecule has 0 bridgehead atoms. The standard InChI is InChI=1S/C25H23N5O5/c1-5-34-25(31)19-14(2)35-24-21(20(19)15-8-9-17(32-3)18(11-15)33-4)23-28-22(29-30(23)13-27-24)16-7-6-10-26-12-16/h6-13,20H,5H2,1-4H3/t20-/m0/s1. The molecule has 0 spiro atoms. The Morgan fingerprint density at radius 2 is 2.00 bits per heavy atom. The summed E-state index contributed by atoms with van der Waals surface area (Å²) in [5.74, 6) is 1.23. The maximum Gasteiger partial charge on any atom is 0.338 e. The van der Waals surface area contributed by atoms with E-state index < -0.39 is 11.9 Å². The van der Waals surface area contributed by atoms with Crippen molar-refractivity contribution < 1.29 is 23.7 Å². The van der Waals surface area contributed by atoms with Gasteiger partial charge in [0.2, 0.25) is 5.88 Å². The number of hydrogen-bond acceptors (Lipinski definition) is 9. The first-order valence-electron chi connectivity index (χ1n) is 11.0. The van der Waals surface area contributed by atoms with Gasteiger partial charge >= 0.3 is 5.97 Å². The highest BCUT2D eigenvalue weighted by Gasteiger charge is 2.38. The molecule has 0 fully saturated rings. The lowest BCUT2D eigenvalue weighted by atomic mass is 9.83. The fourth-order valence-electron chi connectivity index (χ4n) is 4.19. The van der Waals surface area contributed by atoms with Crippen molar-refractivity contribution in [3.8, 4) is 28.8 Å². The van der Waals surface area contributed by atoms with Gasteiger partial charge in [0.15, 0.2) is 23.0 Å². The summed E-state index contributed by atoms with van der Waals surface area (Å²) in [6, 6.07) is 9.18. The molecule has 0 aliphatic carbocycles. The summed E-state index contributed by atoms with van der Waals surface area (Å²) in [6.07, 6.45) is 4.91. The molecule has 0 N–H and O–H groups in total. The summed E-state index contributed by atoms with van der Waals surface area (Å²) >= 11 is 0. The van der Waals surface area contributed by atoms with E-state index in [0.717, 1.165) is 11.1 Å². The summed E-state index contributed by atoms with van der Waals surface area (Å²) in [7, 11) is 3.13. The number of rotatable bonds is 6. The Hall–Kier alpha value is -4.47.